The minimum absolute atomic E-state index is 1.05. The summed E-state index contributed by atoms with van der Waals surface area (Å²) in [5.41, 5.74) is 11.5. The Hall–Kier alpha value is -8.98. The molecule has 0 atom stereocenters. The maximum atomic E-state index is 3.70. The SMILES string of the molecule is C=C/C=C\c1ccccc1.c1ccc(Nc2ccc3c(-c4ccc5ccccc5c4)c4cc(N(c5ccccc5)c5ccc6ccccc6c5)ccc4c(-c4ccc5ccccc5c4)c3c2)cc1. The van der Waals surface area contributed by atoms with Crippen molar-refractivity contribution in [3.63, 3.8) is 0 Å². The molecule has 0 spiro atoms. The maximum Gasteiger partial charge on any atom is 0.0468 e. The Labute approximate surface area is 398 Å². The molecule has 2 nitrogen and oxygen atoms in total. The molecule has 68 heavy (non-hydrogen) atoms. The molecule has 0 aromatic heterocycles. The summed E-state index contributed by atoms with van der Waals surface area (Å²) < 4.78 is 0. The molecule has 0 heterocycles. The zero-order chi connectivity index (χ0) is 45.7. The number of fused-ring (bicyclic) bond motifs is 5. The van der Waals surface area contributed by atoms with Crippen LogP contribution in [0.4, 0.5) is 28.4 Å². The third-order valence-corrected chi connectivity index (χ3v) is 12.7. The quantitative estimate of drug-likeness (QED) is 0.115. The molecule has 0 saturated carbocycles. The first-order chi connectivity index (χ1) is 33.7. The van der Waals surface area contributed by atoms with Gasteiger partial charge in [-0.15, -0.1) is 0 Å². The van der Waals surface area contributed by atoms with Gasteiger partial charge in [0.1, 0.15) is 0 Å². The second kappa shape index (κ2) is 18.9. The zero-order valence-corrected chi connectivity index (χ0v) is 37.6. The highest BCUT2D eigenvalue weighted by Crippen LogP contribution is 2.48. The van der Waals surface area contributed by atoms with Crippen LogP contribution in [0, 0.1) is 0 Å². The molecular weight excluding hydrogens is 821 g/mol. The minimum atomic E-state index is 1.05. The lowest BCUT2D eigenvalue weighted by molar-refractivity contribution is 1.29. The van der Waals surface area contributed by atoms with Crippen LogP contribution in [0.5, 0.6) is 0 Å². The Balaban J connectivity index is 0.000000453. The fourth-order valence-electron chi connectivity index (χ4n) is 9.52. The molecule has 0 unspecified atom stereocenters. The van der Waals surface area contributed by atoms with Crippen molar-refractivity contribution in [1.29, 1.82) is 0 Å². The predicted octanol–water partition coefficient (Wildman–Crippen LogP) is 18.9. The Morgan fingerprint density at radius 1 is 0.324 bits per heavy atom. The van der Waals surface area contributed by atoms with E-state index in [1.807, 2.05) is 30.4 Å². The second-order valence-electron chi connectivity index (χ2n) is 17.1. The summed E-state index contributed by atoms with van der Waals surface area (Å²) in [6.45, 7) is 3.59. The van der Waals surface area contributed by atoms with Gasteiger partial charge in [0.15, 0.2) is 0 Å². The topological polar surface area (TPSA) is 15.3 Å². The molecule has 0 amide bonds. The maximum absolute atomic E-state index is 3.70. The summed E-state index contributed by atoms with van der Waals surface area (Å²) in [5.74, 6) is 0. The lowest BCUT2D eigenvalue weighted by atomic mass is 9.84. The van der Waals surface area contributed by atoms with Crippen molar-refractivity contribution in [2.75, 3.05) is 10.2 Å². The summed E-state index contributed by atoms with van der Waals surface area (Å²) in [5, 5.41) is 15.9. The van der Waals surface area contributed by atoms with E-state index in [9.17, 15) is 0 Å². The molecule has 0 radical (unpaired) electrons. The molecule has 0 aliphatic heterocycles. The molecule has 322 valence electrons. The summed E-state index contributed by atoms with van der Waals surface area (Å²) in [4.78, 5) is 2.39. The van der Waals surface area contributed by atoms with Gasteiger partial charge in [-0.2, -0.15) is 0 Å². The van der Waals surface area contributed by atoms with Gasteiger partial charge >= 0.3 is 0 Å². The highest BCUT2D eigenvalue weighted by Gasteiger charge is 2.21. The van der Waals surface area contributed by atoms with E-state index in [4.69, 9.17) is 0 Å². The number of nitrogens with one attached hydrogen (secondary N) is 1. The van der Waals surface area contributed by atoms with Gasteiger partial charge in [-0.05, 0) is 154 Å². The molecule has 12 aromatic rings. The predicted molar refractivity (Wildman–Crippen MR) is 295 cm³/mol. The van der Waals surface area contributed by atoms with Gasteiger partial charge in [0, 0.05) is 28.4 Å². The fourth-order valence-corrected chi connectivity index (χ4v) is 9.52. The molecule has 12 aromatic carbocycles. The summed E-state index contributed by atoms with van der Waals surface area (Å²) >= 11 is 0. The molecule has 0 aliphatic carbocycles. The van der Waals surface area contributed by atoms with E-state index >= 15 is 0 Å². The van der Waals surface area contributed by atoms with E-state index in [1.54, 1.807) is 6.08 Å². The first-order valence-electron chi connectivity index (χ1n) is 23.2. The van der Waals surface area contributed by atoms with Crippen molar-refractivity contribution in [2.45, 2.75) is 0 Å². The van der Waals surface area contributed by atoms with Gasteiger partial charge < -0.3 is 10.2 Å². The molecule has 2 heteroatoms. The molecule has 0 bridgehead atoms. The van der Waals surface area contributed by atoms with Crippen LogP contribution in [0.3, 0.4) is 0 Å². The van der Waals surface area contributed by atoms with Crippen LogP contribution in [0.25, 0.3) is 82.2 Å². The Bertz CT molecular complexity index is 3780. The highest BCUT2D eigenvalue weighted by molar-refractivity contribution is 6.23. The van der Waals surface area contributed by atoms with Gasteiger partial charge in [-0.1, -0.05) is 207 Å². The molecule has 0 fully saturated rings. The lowest BCUT2D eigenvalue weighted by Crippen LogP contribution is -2.10. The van der Waals surface area contributed by atoms with Gasteiger partial charge in [0.2, 0.25) is 0 Å². The Morgan fingerprint density at radius 2 is 0.779 bits per heavy atom. The summed E-state index contributed by atoms with van der Waals surface area (Å²) in [6.07, 6.45) is 5.72. The van der Waals surface area contributed by atoms with Crippen LogP contribution in [0.15, 0.2) is 274 Å². The molecule has 0 saturated heterocycles. The van der Waals surface area contributed by atoms with E-state index in [2.05, 4.69) is 253 Å². The van der Waals surface area contributed by atoms with Crippen LogP contribution in [-0.2, 0) is 0 Å². The van der Waals surface area contributed by atoms with Crippen LogP contribution in [0.1, 0.15) is 5.56 Å². The standard InChI is InChI=1S/C56H38N2.C10H10/c1-3-19-46(20-4-1)57-47-28-31-51-53(36-47)55(44-25-23-38-13-7-10-16-41(38)33-44)52-32-30-50(37-54(52)56(51)45-26-24-39-14-8-11-17-42(39)34-45)58(48-21-5-2-6-22-48)49-29-27-40-15-9-12-18-43(40)35-49;1-2-3-7-10-8-5-4-6-9-10/h1-37,57H;2-9H,1H2/b;7-3-. The number of hydrogen-bond acceptors (Lipinski definition) is 2. The zero-order valence-electron chi connectivity index (χ0n) is 37.6. The monoisotopic (exact) mass is 868 g/mol. The number of hydrogen-bond donors (Lipinski definition) is 1. The van der Waals surface area contributed by atoms with Crippen molar-refractivity contribution in [2.24, 2.45) is 0 Å². The van der Waals surface area contributed by atoms with Crippen molar-refractivity contribution in [3.05, 3.63) is 279 Å². The average molecular weight is 869 g/mol. The van der Waals surface area contributed by atoms with Crippen molar-refractivity contribution in [1.82, 2.24) is 0 Å². The van der Waals surface area contributed by atoms with E-state index in [-0.39, 0.29) is 0 Å². The molecule has 12 rings (SSSR count). The average Bonchev–Trinajstić information content (AvgIpc) is 3.40. The van der Waals surface area contributed by atoms with Gasteiger partial charge in [0.25, 0.3) is 0 Å². The molecular formula is C66H48N2. The minimum Gasteiger partial charge on any atom is -0.356 e. The van der Waals surface area contributed by atoms with E-state index in [0.717, 1.165) is 28.4 Å². The fraction of sp³-hybridized carbons (Fsp3) is 0. The van der Waals surface area contributed by atoms with Gasteiger partial charge in [-0.25, -0.2) is 0 Å². The molecule has 1 N–H and O–H groups in total. The number of nitrogens with zero attached hydrogens (tertiary/aromatic N) is 1. The van der Waals surface area contributed by atoms with Crippen LogP contribution < -0.4 is 10.2 Å². The smallest absolute Gasteiger partial charge is 0.0468 e. The Morgan fingerprint density at radius 3 is 1.37 bits per heavy atom. The summed E-state index contributed by atoms with van der Waals surface area (Å²) in [6, 6.07) is 91.8. The van der Waals surface area contributed by atoms with Crippen molar-refractivity contribution in [3.8, 4) is 22.3 Å². The first-order valence-corrected chi connectivity index (χ1v) is 23.2. The number of benzene rings is 12. The van der Waals surface area contributed by atoms with E-state index < -0.39 is 0 Å². The third kappa shape index (κ3) is 8.51. The number of anilines is 5. The van der Waals surface area contributed by atoms with E-state index in [1.165, 1.54) is 81.7 Å². The van der Waals surface area contributed by atoms with E-state index in [0.29, 0.717) is 0 Å². The van der Waals surface area contributed by atoms with Crippen molar-refractivity contribution >= 4 is 88.4 Å². The highest BCUT2D eigenvalue weighted by atomic mass is 15.1. The number of para-hydroxylation sites is 2. The van der Waals surface area contributed by atoms with Crippen LogP contribution in [-0.4, -0.2) is 0 Å². The van der Waals surface area contributed by atoms with Crippen LogP contribution in [0.2, 0.25) is 0 Å². The van der Waals surface area contributed by atoms with Crippen LogP contribution >= 0.6 is 0 Å². The Kier molecular flexibility index (Phi) is 11.6. The number of rotatable bonds is 9. The van der Waals surface area contributed by atoms with Gasteiger partial charge in [-0.3, -0.25) is 0 Å². The second-order valence-corrected chi connectivity index (χ2v) is 17.1. The number of allylic oxidation sites excluding steroid dienone is 2. The summed E-state index contributed by atoms with van der Waals surface area (Å²) in [7, 11) is 0. The van der Waals surface area contributed by atoms with Gasteiger partial charge in [0.05, 0.1) is 0 Å². The van der Waals surface area contributed by atoms with Crippen molar-refractivity contribution < 1.29 is 0 Å². The lowest BCUT2D eigenvalue weighted by Gasteiger charge is -2.27. The first kappa shape index (κ1) is 41.7. The molecule has 0 aliphatic rings. The normalized spacial score (nSPS) is 11.2. The largest absolute Gasteiger partial charge is 0.356 e. The third-order valence-electron chi connectivity index (χ3n) is 12.7.